The van der Waals surface area contributed by atoms with Crippen molar-refractivity contribution < 1.29 is 14.3 Å². The highest BCUT2D eigenvalue weighted by Gasteiger charge is 2.39. The van der Waals surface area contributed by atoms with E-state index in [9.17, 15) is 9.59 Å². The summed E-state index contributed by atoms with van der Waals surface area (Å²) in [5.41, 5.74) is 2.45. The molecule has 0 radical (unpaired) electrons. The lowest BCUT2D eigenvalue weighted by molar-refractivity contribution is -0.119. The van der Waals surface area contributed by atoms with Crippen LogP contribution in [0.4, 0.5) is 11.4 Å². The van der Waals surface area contributed by atoms with Crippen molar-refractivity contribution in [1.82, 2.24) is 0 Å². The van der Waals surface area contributed by atoms with E-state index >= 15 is 0 Å². The highest BCUT2D eigenvalue weighted by molar-refractivity contribution is 6.60. The van der Waals surface area contributed by atoms with Crippen LogP contribution >= 0.6 is 11.6 Å². The lowest BCUT2D eigenvalue weighted by Crippen LogP contribution is -2.31. The summed E-state index contributed by atoms with van der Waals surface area (Å²) in [5.74, 6) is -0.202. The van der Waals surface area contributed by atoms with Crippen LogP contribution in [-0.2, 0) is 9.59 Å². The maximum absolute atomic E-state index is 13.0. The van der Waals surface area contributed by atoms with Gasteiger partial charge in [0.15, 0.2) is 0 Å². The summed E-state index contributed by atoms with van der Waals surface area (Å²) >= 11 is 6.27. The summed E-state index contributed by atoms with van der Waals surface area (Å²) in [6.45, 7) is 4.53. The number of halogens is 1. The summed E-state index contributed by atoms with van der Waals surface area (Å²) in [6, 6.07) is 14.5. The minimum atomic E-state index is -0.496. The fraction of sp³-hybridized carbons (Fsp3) is 0.273. The monoisotopic (exact) mass is 396 g/mol. The first-order valence-electron chi connectivity index (χ1n) is 9.47. The number of carbonyl (C=O) groups is 2. The number of benzene rings is 2. The van der Waals surface area contributed by atoms with E-state index in [1.165, 1.54) is 12.8 Å². The number of ether oxygens (including phenoxy) is 1. The van der Waals surface area contributed by atoms with E-state index < -0.39 is 11.8 Å². The Balaban J connectivity index is 1.59. The molecule has 5 nitrogen and oxygen atoms in total. The predicted molar refractivity (Wildman–Crippen MR) is 111 cm³/mol. The Kier molecular flexibility index (Phi) is 5.09. The number of nitrogens with zero attached hydrogens (tertiary/aromatic N) is 2. The van der Waals surface area contributed by atoms with Crippen molar-refractivity contribution in [2.45, 2.75) is 19.8 Å². The molecule has 6 heteroatoms. The van der Waals surface area contributed by atoms with Crippen molar-refractivity contribution >= 4 is 40.4 Å². The van der Waals surface area contributed by atoms with Gasteiger partial charge in [-0.05, 0) is 61.7 Å². The normalized spacial score (nSPS) is 17.1. The van der Waals surface area contributed by atoms with E-state index in [0.29, 0.717) is 23.6 Å². The highest BCUT2D eigenvalue weighted by atomic mass is 35.5. The van der Waals surface area contributed by atoms with E-state index in [4.69, 9.17) is 16.3 Å². The molecule has 0 unspecified atom stereocenters. The van der Waals surface area contributed by atoms with Gasteiger partial charge in [0, 0.05) is 18.8 Å². The van der Waals surface area contributed by atoms with Gasteiger partial charge in [0.1, 0.15) is 10.8 Å². The fourth-order valence-corrected chi connectivity index (χ4v) is 3.93. The molecule has 1 fully saturated rings. The Morgan fingerprint density at radius 1 is 0.893 bits per heavy atom. The van der Waals surface area contributed by atoms with Crippen LogP contribution in [0.2, 0.25) is 0 Å². The van der Waals surface area contributed by atoms with Crippen molar-refractivity contribution in [2.24, 2.45) is 0 Å². The zero-order valence-electron chi connectivity index (χ0n) is 15.7. The van der Waals surface area contributed by atoms with Gasteiger partial charge in [-0.25, -0.2) is 4.90 Å². The van der Waals surface area contributed by atoms with Gasteiger partial charge in [-0.2, -0.15) is 0 Å². The first-order valence-corrected chi connectivity index (χ1v) is 9.84. The standard InChI is InChI=1S/C22H21ClN2O3/c1-2-28-18-11-5-15(6-12-18)19-20(23)22(27)25(21(19)26)17-9-7-16(8-10-17)24-13-3-4-14-24/h5-12H,2-4,13-14H2,1H3. The Morgan fingerprint density at radius 2 is 1.50 bits per heavy atom. The average molecular weight is 397 g/mol. The molecule has 2 aromatic rings. The van der Waals surface area contributed by atoms with E-state index in [0.717, 1.165) is 23.7 Å². The molecule has 0 saturated carbocycles. The molecule has 0 atom stereocenters. The molecule has 4 rings (SSSR count). The molecule has 0 spiro atoms. The van der Waals surface area contributed by atoms with Gasteiger partial charge in [0.2, 0.25) is 0 Å². The second-order valence-electron chi connectivity index (χ2n) is 6.80. The molecular formula is C22H21ClN2O3. The first kappa shape index (κ1) is 18.6. The van der Waals surface area contributed by atoms with Gasteiger partial charge >= 0.3 is 0 Å². The van der Waals surface area contributed by atoms with Crippen LogP contribution in [0, 0.1) is 0 Å². The zero-order valence-corrected chi connectivity index (χ0v) is 16.4. The lowest BCUT2D eigenvalue weighted by Gasteiger charge is -2.20. The van der Waals surface area contributed by atoms with E-state index in [1.54, 1.807) is 36.4 Å². The number of anilines is 2. The molecule has 2 amide bonds. The predicted octanol–water partition coefficient (Wildman–Crippen LogP) is 4.21. The minimum Gasteiger partial charge on any atom is -0.494 e. The van der Waals surface area contributed by atoms with E-state index in [2.05, 4.69) is 4.90 Å². The van der Waals surface area contributed by atoms with Gasteiger partial charge in [-0.15, -0.1) is 0 Å². The Labute approximate surface area is 169 Å². The molecular weight excluding hydrogens is 376 g/mol. The number of hydrogen-bond acceptors (Lipinski definition) is 4. The van der Waals surface area contributed by atoms with Crippen molar-refractivity contribution in [1.29, 1.82) is 0 Å². The van der Waals surface area contributed by atoms with Gasteiger partial charge in [0.05, 0.1) is 17.9 Å². The molecule has 2 aromatic carbocycles. The summed E-state index contributed by atoms with van der Waals surface area (Å²) in [4.78, 5) is 29.1. The SMILES string of the molecule is CCOc1ccc(C2=C(Cl)C(=O)N(c3ccc(N4CCCC4)cc3)C2=O)cc1. The lowest BCUT2D eigenvalue weighted by atomic mass is 10.1. The third kappa shape index (κ3) is 3.27. The molecule has 2 aliphatic rings. The van der Waals surface area contributed by atoms with E-state index in [-0.39, 0.29) is 10.6 Å². The van der Waals surface area contributed by atoms with Crippen molar-refractivity contribution in [3.8, 4) is 5.75 Å². The van der Waals surface area contributed by atoms with Gasteiger partial charge in [-0.1, -0.05) is 23.7 Å². The number of imide groups is 1. The molecule has 2 aliphatic heterocycles. The summed E-state index contributed by atoms with van der Waals surface area (Å²) in [5, 5.41) is -0.0576. The summed E-state index contributed by atoms with van der Waals surface area (Å²) in [6.07, 6.45) is 2.38. The molecule has 0 aromatic heterocycles. The third-order valence-electron chi connectivity index (χ3n) is 5.06. The number of hydrogen-bond donors (Lipinski definition) is 0. The van der Waals surface area contributed by atoms with Crippen molar-refractivity contribution in [3.05, 3.63) is 59.1 Å². The summed E-state index contributed by atoms with van der Waals surface area (Å²) in [7, 11) is 0. The maximum atomic E-state index is 13.0. The van der Waals surface area contributed by atoms with Crippen LogP contribution in [0.1, 0.15) is 25.3 Å². The van der Waals surface area contributed by atoms with Crippen LogP contribution < -0.4 is 14.5 Å². The van der Waals surface area contributed by atoms with Crippen molar-refractivity contribution in [3.63, 3.8) is 0 Å². The first-order chi connectivity index (χ1) is 13.6. The third-order valence-corrected chi connectivity index (χ3v) is 5.41. The molecule has 2 heterocycles. The minimum absolute atomic E-state index is 0.0576. The van der Waals surface area contributed by atoms with E-state index in [1.807, 2.05) is 19.1 Å². The van der Waals surface area contributed by atoms with Gasteiger partial charge in [-0.3, -0.25) is 9.59 Å². The largest absolute Gasteiger partial charge is 0.494 e. The van der Waals surface area contributed by atoms with Gasteiger partial charge < -0.3 is 9.64 Å². The van der Waals surface area contributed by atoms with Crippen LogP contribution in [0.15, 0.2) is 53.6 Å². The molecule has 0 aliphatic carbocycles. The van der Waals surface area contributed by atoms with Crippen molar-refractivity contribution in [2.75, 3.05) is 29.5 Å². The molecule has 0 N–H and O–H groups in total. The second kappa shape index (κ2) is 7.68. The summed E-state index contributed by atoms with van der Waals surface area (Å²) < 4.78 is 5.43. The quantitative estimate of drug-likeness (QED) is 0.710. The second-order valence-corrected chi connectivity index (χ2v) is 7.18. The average Bonchev–Trinajstić information content (AvgIpc) is 3.31. The maximum Gasteiger partial charge on any atom is 0.277 e. The molecule has 28 heavy (non-hydrogen) atoms. The number of carbonyl (C=O) groups excluding carboxylic acids is 2. The smallest absolute Gasteiger partial charge is 0.277 e. The fourth-order valence-electron chi connectivity index (χ4n) is 3.66. The molecule has 0 bridgehead atoms. The number of rotatable bonds is 5. The van der Waals surface area contributed by atoms with Crippen LogP contribution in [0.3, 0.4) is 0 Å². The number of amides is 2. The topological polar surface area (TPSA) is 49.9 Å². The Hall–Kier alpha value is -2.79. The molecule has 144 valence electrons. The van der Waals surface area contributed by atoms with Crippen LogP contribution in [0.5, 0.6) is 5.75 Å². The zero-order chi connectivity index (χ0) is 19.7. The Morgan fingerprint density at radius 3 is 2.11 bits per heavy atom. The van der Waals surface area contributed by atoms with Crippen LogP contribution in [0.25, 0.3) is 5.57 Å². The highest BCUT2D eigenvalue weighted by Crippen LogP contribution is 2.36. The Bertz CT molecular complexity index is 929. The van der Waals surface area contributed by atoms with Crippen LogP contribution in [-0.4, -0.2) is 31.5 Å². The van der Waals surface area contributed by atoms with Gasteiger partial charge in [0.25, 0.3) is 11.8 Å². The molecule has 1 saturated heterocycles.